The van der Waals surface area contributed by atoms with Crippen molar-refractivity contribution in [1.29, 1.82) is 0 Å². The maximum atomic E-state index is 11.1. The second-order valence-corrected chi connectivity index (χ2v) is 4.60. The highest BCUT2D eigenvalue weighted by Gasteiger charge is 2.20. The van der Waals surface area contributed by atoms with Gasteiger partial charge < -0.3 is 10.6 Å². The van der Waals surface area contributed by atoms with Gasteiger partial charge in [0.2, 0.25) is 0 Å². The van der Waals surface area contributed by atoms with Crippen molar-refractivity contribution in [3.8, 4) is 0 Å². The minimum atomic E-state index is -0.454. The Kier molecular flexibility index (Phi) is 3.84. The van der Waals surface area contributed by atoms with E-state index < -0.39 is 4.92 Å². The third-order valence-electron chi connectivity index (χ3n) is 2.98. The average molecular weight is 272 g/mol. The van der Waals surface area contributed by atoms with Gasteiger partial charge in [-0.15, -0.1) is 0 Å². The summed E-state index contributed by atoms with van der Waals surface area (Å²) in [5.74, 6) is 0. The molecule has 0 unspecified atom stereocenters. The topological polar surface area (TPSA) is 85.3 Å². The molecule has 1 aromatic carbocycles. The van der Waals surface area contributed by atoms with Gasteiger partial charge in [0.05, 0.1) is 17.2 Å². The number of anilines is 2. The van der Waals surface area contributed by atoms with Crippen molar-refractivity contribution >= 4 is 17.1 Å². The molecule has 0 aliphatic heterocycles. The Balaban J connectivity index is 2.32. The fourth-order valence-electron chi connectivity index (χ4n) is 2.07. The number of benzene rings is 1. The molecule has 1 aromatic heterocycles. The van der Waals surface area contributed by atoms with E-state index in [0.29, 0.717) is 12.2 Å². The number of hydrogen-bond donors (Lipinski definition) is 1. The van der Waals surface area contributed by atoms with Gasteiger partial charge in [0.15, 0.2) is 0 Å². The summed E-state index contributed by atoms with van der Waals surface area (Å²) in [5, 5.41) is 11.1. The zero-order valence-corrected chi connectivity index (χ0v) is 11.4. The van der Waals surface area contributed by atoms with E-state index in [1.807, 2.05) is 25.1 Å². The van der Waals surface area contributed by atoms with Crippen molar-refractivity contribution in [3.63, 3.8) is 0 Å². The molecule has 2 rings (SSSR count). The zero-order chi connectivity index (χ0) is 14.7. The van der Waals surface area contributed by atoms with Crippen LogP contribution in [0.5, 0.6) is 0 Å². The van der Waals surface area contributed by atoms with Gasteiger partial charge in [0, 0.05) is 12.7 Å². The van der Waals surface area contributed by atoms with Crippen molar-refractivity contribution in [2.75, 3.05) is 17.7 Å². The highest BCUT2D eigenvalue weighted by atomic mass is 16.6. The van der Waals surface area contributed by atoms with Crippen molar-refractivity contribution in [2.45, 2.75) is 13.5 Å². The van der Waals surface area contributed by atoms with Crippen molar-refractivity contribution < 1.29 is 4.92 Å². The third kappa shape index (κ3) is 2.85. The molecule has 0 atom stereocenters. The number of pyridine rings is 1. The molecule has 6 heteroatoms. The molecule has 104 valence electrons. The second-order valence-electron chi connectivity index (χ2n) is 4.60. The van der Waals surface area contributed by atoms with E-state index in [0.717, 1.165) is 11.4 Å². The van der Waals surface area contributed by atoms with Crippen LogP contribution in [-0.2, 0) is 6.54 Å². The average Bonchev–Trinajstić information content (AvgIpc) is 2.37. The predicted molar refractivity (Wildman–Crippen MR) is 78.6 cm³/mol. The summed E-state index contributed by atoms with van der Waals surface area (Å²) in [6.45, 7) is 2.39. The predicted octanol–water partition coefficient (Wildman–Crippen LogP) is 2.52. The van der Waals surface area contributed by atoms with Crippen molar-refractivity contribution in [1.82, 2.24) is 4.98 Å². The number of rotatable bonds is 4. The Morgan fingerprint density at radius 1 is 1.30 bits per heavy atom. The van der Waals surface area contributed by atoms with Crippen LogP contribution in [0.1, 0.15) is 11.4 Å². The SMILES string of the molecule is Cc1cccc(CN(C)c2cccc(N)c2[N+](=O)[O-])n1. The molecule has 1 heterocycles. The number of aromatic nitrogens is 1. The van der Waals surface area contributed by atoms with Gasteiger partial charge in [-0.25, -0.2) is 0 Å². The molecule has 0 saturated carbocycles. The van der Waals surface area contributed by atoms with Gasteiger partial charge in [0.25, 0.3) is 0 Å². The van der Waals surface area contributed by atoms with Crippen LogP contribution in [0.15, 0.2) is 36.4 Å². The number of aryl methyl sites for hydroxylation is 1. The van der Waals surface area contributed by atoms with E-state index in [4.69, 9.17) is 5.73 Å². The lowest BCUT2D eigenvalue weighted by atomic mass is 10.2. The molecule has 0 saturated heterocycles. The first-order chi connectivity index (χ1) is 9.49. The molecule has 2 N–H and O–H groups in total. The first-order valence-electron chi connectivity index (χ1n) is 6.15. The number of nitrogens with two attached hydrogens (primary N) is 1. The highest BCUT2D eigenvalue weighted by molar-refractivity contribution is 5.75. The van der Waals surface area contributed by atoms with Crippen molar-refractivity contribution in [2.24, 2.45) is 0 Å². The summed E-state index contributed by atoms with van der Waals surface area (Å²) in [4.78, 5) is 16.9. The van der Waals surface area contributed by atoms with E-state index in [9.17, 15) is 10.1 Å². The van der Waals surface area contributed by atoms with Crippen LogP contribution < -0.4 is 10.6 Å². The van der Waals surface area contributed by atoms with E-state index in [1.54, 1.807) is 24.1 Å². The third-order valence-corrected chi connectivity index (χ3v) is 2.98. The summed E-state index contributed by atoms with van der Waals surface area (Å²) < 4.78 is 0. The van der Waals surface area contributed by atoms with Gasteiger partial charge in [-0.2, -0.15) is 0 Å². The first kappa shape index (κ1) is 13.8. The summed E-state index contributed by atoms with van der Waals surface area (Å²) in [7, 11) is 1.78. The quantitative estimate of drug-likeness (QED) is 0.525. The molecule has 0 spiro atoms. The minimum absolute atomic E-state index is 0.0670. The number of nitrogens with zero attached hydrogens (tertiary/aromatic N) is 3. The lowest BCUT2D eigenvalue weighted by Gasteiger charge is -2.19. The number of nitro groups is 1. The molecular weight excluding hydrogens is 256 g/mol. The molecule has 20 heavy (non-hydrogen) atoms. The van der Waals surface area contributed by atoms with Crippen LogP contribution in [0.4, 0.5) is 17.1 Å². The fraction of sp³-hybridized carbons (Fsp3) is 0.214. The zero-order valence-electron chi connectivity index (χ0n) is 11.4. The van der Waals surface area contributed by atoms with Crippen LogP contribution in [0.3, 0.4) is 0 Å². The van der Waals surface area contributed by atoms with E-state index >= 15 is 0 Å². The van der Waals surface area contributed by atoms with Gasteiger partial charge in [-0.3, -0.25) is 15.1 Å². The first-order valence-corrected chi connectivity index (χ1v) is 6.15. The highest BCUT2D eigenvalue weighted by Crippen LogP contribution is 2.33. The molecule has 0 radical (unpaired) electrons. The maximum absolute atomic E-state index is 11.1. The van der Waals surface area contributed by atoms with Gasteiger partial charge in [-0.05, 0) is 31.2 Å². The van der Waals surface area contributed by atoms with Crippen LogP contribution in [0.2, 0.25) is 0 Å². The fourth-order valence-corrected chi connectivity index (χ4v) is 2.07. The lowest BCUT2D eigenvalue weighted by molar-refractivity contribution is -0.383. The molecule has 0 aliphatic rings. The molecule has 0 aliphatic carbocycles. The summed E-state index contributed by atoms with van der Waals surface area (Å²) in [6, 6.07) is 10.6. The molecule has 0 bridgehead atoms. The maximum Gasteiger partial charge on any atom is 0.315 e. The number of hydrogen-bond acceptors (Lipinski definition) is 5. The number of nitro benzene ring substituents is 1. The van der Waals surface area contributed by atoms with Crippen molar-refractivity contribution in [3.05, 3.63) is 57.9 Å². The summed E-state index contributed by atoms with van der Waals surface area (Å²) in [6.07, 6.45) is 0. The number of para-hydroxylation sites is 1. The van der Waals surface area contributed by atoms with E-state index in [2.05, 4.69) is 4.98 Å². The summed E-state index contributed by atoms with van der Waals surface area (Å²) >= 11 is 0. The van der Waals surface area contributed by atoms with Gasteiger partial charge >= 0.3 is 5.69 Å². The van der Waals surface area contributed by atoms with E-state index in [1.165, 1.54) is 6.07 Å². The van der Waals surface area contributed by atoms with E-state index in [-0.39, 0.29) is 11.4 Å². The minimum Gasteiger partial charge on any atom is -0.393 e. The largest absolute Gasteiger partial charge is 0.393 e. The van der Waals surface area contributed by atoms with Crippen LogP contribution >= 0.6 is 0 Å². The molecule has 0 fully saturated rings. The van der Waals surface area contributed by atoms with Gasteiger partial charge in [-0.1, -0.05) is 12.1 Å². The standard InChI is InChI=1S/C14H16N4O2/c1-10-5-3-6-11(16-10)9-17(2)13-8-4-7-12(15)14(13)18(19)20/h3-8H,9,15H2,1-2H3. The lowest BCUT2D eigenvalue weighted by Crippen LogP contribution is -2.19. The Bertz CT molecular complexity index is 643. The second kappa shape index (κ2) is 5.56. The molecule has 6 nitrogen and oxygen atoms in total. The van der Waals surface area contributed by atoms with Crippen LogP contribution in [0, 0.1) is 17.0 Å². The van der Waals surface area contributed by atoms with Crippen LogP contribution in [-0.4, -0.2) is 17.0 Å². The summed E-state index contributed by atoms with van der Waals surface area (Å²) in [5.41, 5.74) is 8.04. The smallest absolute Gasteiger partial charge is 0.315 e. The number of nitrogen functional groups attached to an aromatic ring is 1. The van der Waals surface area contributed by atoms with Crippen LogP contribution in [0.25, 0.3) is 0 Å². The Hall–Kier alpha value is -2.63. The monoisotopic (exact) mass is 272 g/mol. The molecule has 2 aromatic rings. The Labute approximate surface area is 117 Å². The van der Waals surface area contributed by atoms with Gasteiger partial charge in [0.1, 0.15) is 11.4 Å². The normalized spacial score (nSPS) is 10.3. The molecule has 0 amide bonds. The molecular formula is C14H16N4O2. The Morgan fingerprint density at radius 2 is 2.00 bits per heavy atom. The Morgan fingerprint density at radius 3 is 2.65 bits per heavy atom.